The number of esters is 1. The van der Waals surface area contributed by atoms with Crippen LogP contribution < -0.4 is 4.74 Å². The van der Waals surface area contributed by atoms with Crippen molar-refractivity contribution in [2.45, 2.75) is 44.0 Å². The lowest BCUT2D eigenvalue weighted by atomic mass is 9.86. The molecule has 9 heteroatoms. The highest BCUT2D eigenvalue weighted by Crippen LogP contribution is 2.44. The van der Waals surface area contributed by atoms with Crippen LogP contribution in [0.3, 0.4) is 0 Å². The molecule has 25 heavy (non-hydrogen) atoms. The normalized spacial score (nSPS) is 28.1. The third-order valence-electron chi connectivity index (χ3n) is 4.50. The summed E-state index contributed by atoms with van der Waals surface area (Å²) in [5, 5.41) is 0. The summed E-state index contributed by atoms with van der Waals surface area (Å²) in [5.41, 5.74) is -0.657. The Morgan fingerprint density at radius 1 is 1.44 bits per heavy atom. The van der Waals surface area contributed by atoms with E-state index >= 15 is 0 Å². The van der Waals surface area contributed by atoms with E-state index in [9.17, 15) is 22.2 Å². The number of hydrogen-bond acceptors (Lipinski definition) is 7. The summed E-state index contributed by atoms with van der Waals surface area (Å²) in [7, 11) is -4.47. The molecule has 0 radical (unpaired) electrons. The quantitative estimate of drug-likeness (QED) is 0.551. The molecule has 3 unspecified atom stereocenters. The minimum Gasteiger partial charge on any atom is -0.748 e. The Labute approximate surface area is 144 Å². The van der Waals surface area contributed by atoms with Gasteiger partial charge in [0.25, 0.3) is 0 Å². The molecule has 0 N–H and O–H groups in total. The summed E-state index contributed by atoms with van der Waals surface area (Å²) in [4.78, 5) is 11.9. The fraction of sp³-hybridized carbons (Fsp3) is 0.562. The number of hydrogen-bond donors (Lipinski definition) is 0. The summed E-state index contributed by atoms with van der Waals surface area (Å²) in [6, 6.07) is 3.49. The van der Waals surface area contributed by atoms with Gasteiger partial charge in [0.2, 0.25) is 0 Å². The molecule has 3 rings (SSSR count). The van der Waals surface area contributed by atoms with Crippen molar-refractivity contribution in [2.24, 2.45) is 0 Å². The Kier molecular flexibility index (Phi) is 4.74. The topological polar surface area (TPSA) is 102 Å². The van der Waals surface area contributed by atoms with E-state index in [1.165, 1.54) is 12.1 Å². The van der Waals surface area contributed by atoms with Crippen molar-refractivity contribution in [3.05, 3.63) is 29.6 Å². The first-order valence-electron chi connectivity index (χ1n) is 7.91. The summed E-state index contributed by atoms with van der Waals surface area (Å²) in [6.45, 7) is 1.29. The molecule has 0 amide bonds. The van der Waals surface area contributed by atoms with E-state index in [2.05, 4.69) is 0 Å². The van der Waals surface area contributed by atoms with Crippen LogP contribution in [0.5, 0.6) is 5.75 Å². The van der Waals surface area contributed by atoms with Gasteiger partial charge in [-0.1, -0.05) is 0 Å². The first kappa shape index (κ1) is 18.1. The zero-order valence-electron chi connectivity index (χ0n) is 13.6. The van der Waals surface area contributed by atoms with Gasteiger partial charge in [-0.05, 0) is 38.0 Å². The molecule has 2 fully saturated rings. The van der Waals surface area contributed by atoms with E-state index in [1.54, 1.807) is 0 Å². The lowest BCUT2D eigenvalue weighted by molar-refractivity contribution is 0.00206. The first-order valence-corrected chi connectivity index (χ1v) is 9.49. The number of carbonyl (C=O) groups excluding carboxylic acids is 1. The van der Waals surface area contributed by atoms with Gasteiger partial charge in [-0.15, -0.1) is 0 Å². The predicted octanol–water partition coefficient (Wildman–Crippen LogP) is 1.62. The molecule has 3 atom stereocenters. The Balaban J connectivity index is 1.69. The summed E-state index contributed by atoms with van der Waals surface area (Å²) in [5.74, 6) is -2.39. The third-order valence-corrected chi connectivity index (χ3v) is 5.16. The molecule has 0 aromatic heterocycles. The maximum Gasteiger partial charge on any atom is 0.338 e. The predicted molar refractivity (Wildman–Crippen MR) is 82.8 cm³/mol. The maximum absolute atomic E-state index is 14.1. The minimum atomic E-state index is -4.47. The number of benzene rings is 1. The molecule has 2 saturated heterocycles. The van der Waals surface area contributed by atoms with Crippen molar-refractivity contribution >= 4 is 16.1 Å². The van der Waals surface area contributed by atoms with E-state index < -0.39 is 39.9 Å². The molecule has 0 aliphatic carbocycles. The largest absolute Gasteiger partial charge is 0.748 e. The molecule has 1 aromatic carbocycles. The van der Waals surface area contributed by atoms with Crippen LogP contribution in [0.15, 0.2) is 18.2 Å². The lowest BCUT2D eigenvalue weighted by Gasteiger charge is -2.32. The molecular formula is C16H18FO7S-. The van der Waals surface area contributed by atoms with Crippen LogP contribution in [-0.4, -0.2) is 49.1 Å². The molecule has 7 nitrogen and oxygen atoms in total. The van der Waals surface area contributed by atoms with Crippen molar-refractivity contribution in [1.82, 2.24) is 0 Å². The molecule has 1 aromatic rings. The second-order valence-corrected chi connectivity index (χ2v) is 8.01. The van der Waals surface area contributed by atoms with Gasteiger partial charge in [0, 0.05) is 6.42 Å². The Morgan fingerprint density at radius 3 is 2.80 bits per heavy atom. The Hall–Kier alpha value is -1.71. The SMILES string of the molecule is CC1(Oc2cc(C(=O)OCCS(=O)(=O)[O-])ccc2F)CC2CCC1O2. The zero-order valence-corrected chi connectivity index (χ0v) is 14.4. The Morgan fingerprint density at radius 2 is 2.20 bits per heavy atom. The van der Waals surface area contributed by atoms with Gasteiger partial charge in [-0.25, -0.2) is 17.6 Å². The molecule has 2 aliphatic rings. The second-order valence-electron chi connectivity index (χ2n) is 6.49. The highest BCUT2D eigenvalue weighted by atomic mass is 32.2. The van der Waals surface area contributed by atoms with Crippen LogP contribution in [0.4, 0.5) is 4.39 Å². The highest BCUT2D eigenvalue weighted by Gasteiger charge is 2.51. The van der Waals surface area contributed by atoms with Crippen molar-refractivity contribution in [3.8, 4) is 5.75 Å². The van der Waals surface area contributed by atoms with Gasteiger partial charge in [0.1, 0.15) is 12.2 Å². The lowest BCUT2D eigenvalue weighted by Crippen LogP contribution is -2.42. The first-order chi connectivity index (χ1) is 11.7. The standard InChI is InChI=1S/C16H19FO7S/c1-16(9-11-3-5-14(16)23-11)24-13-8-10(2-4-12(13)17)15(18)22-6-7-25(19,20)21/h2,4,8,11,14H,3,5-7,9H2,1H3,(H,19,20,21)/p-1. The van der Waals surface area contributed by atoms with Gasteiger partial charge >= 0.3 is 5.97 Å². The van der Waals surface area contributed by atoms with Gasteiger partial charge in [0.05, 0.1) is 33.6 Å². The second kappa shape index (κ2) is 6.54. The van der Waals surface area contributed by atoms with Crippen molar-refractivity contribution in [3.63, 3.8) is 0 Å². The van der Waals surface area contributed by atoms with Crippen molar-refractivity contribution in [1.29, 1.82) is 0 Å². The van der Waals surface area contributed by atoms with Crippen LogP contribution in [0, 0.1) is 5.82 Å². The fourth-order valence-electron chi connectivity index (χ4n) is 3.28. The number of ether oxygens (including phenoxy) is 3. The number of carbonyl (C=O) groups is 1. The Bertz CT molecular complexity index is 779. The molecule has 2 aliphatic heterocycles. The highest BCUT2D eigenvalue weighted by molar-refractivity contribution is 7.85. The summed E-state index contributed by atoms with van der Waals surface area (Å²) < 4.78 is 61.9. The van der Waals surface area contributed by atoms with Crippen molar-refractivity contribution < 1.29 is 36.4 Å². The van der Waals surface area contributed by atoms with Crippen LogP contribution >= 0.6 is 0 Å². The average molecular weight is 373 g/mol. The monoisotopic (exact) mass is 373 g/mol. The van der Waals surface area contributed by atoms with Crippen LogP contribution in [-0.2, 0) is 19.6 Å². The van der Waals surface area contributed by atoms with Crippen molar-refractivity contribution in [2.75, 3.05) is 12.4 Å². The molecular weight excluding hydrogens is 355 g/mol. The van der Waals surface area contributed by atoms with Crippen LogP contribution in [0.2, 0.25) is 0 Å². The molecule has 0 spiro atoms. The van der Waals surface area contributed by atoms with E-state index in [4.69, 9.17) is 14.2 Å². The number of rotatable bonds is 6. The van der Waals surface area contributed by atoms with E-state index in [-0.39, 0.29) is 23.5 Å². The maximum atomic E-state index is 14.1. The number of fused-ring (bicyclic) bond motifs is 2. The zero-order chi connectivity index (χ0) is 18.2. The molecule has 2 bridgehead atoms. The molecule has 138 valence electrons. The smallest absolute Gasteiger partial charge is 0.338 e. The average Bonchev–Trinajstić information content (AvgIpc) is 3.08. The van der Waals surface area contributed by atoms with E-state index in [0.29, 0.717) is 6.42 Å². The van der Waals surface area contributed by atoms with Crippen LogP contribution in [0.25, 0.3) is 0 Å². The van der Waals surface area contributed by atoms with Gasteiger partial charge in [-0.3, -0.25) is 0 Å². The third kappa shape index (κ3) is 4.10. The molecule has 0 saturated carbocycles. The van der Waals surface area contributed by atoms with Gasteiger partial charge < -0.3 is 18.8 Å². The fourth-order valence-corrected chi connectivity index (χ4v) is 3.56. The van der Waals surface area contributed by atoms with E-state index in [1.807, 2.05) is 6.92 Å². The van der Waals surface area contributed by atoms with Crippen LogP contribution in [0.1, 0.15) is 36.5 Å². The number of halogens is 1. The van der Waals surface area contributed by atoms with E-state index in [0.717, 1.165) is 18.9 Å². The summed E-state index contributed by atoms with van der Waals surface area (Å²) >= 11 is 0. The van der Waals surface area contributed by atoms with Gasteiger partial charge in [0.15, 0.2) is 11.6 Å². The summed E-state index contributed by atoms with van der Waals surface area (Å²) in [6.07, 6.45) is 2.44. The van der Waals surface area contributed by atoms with Gasteiger partial charge in [-0.2, -0.15) is 0 Å². The molecule has 2 heterocycles. The minimum absolute atomic E-state index is 0.00683.